The van der Waals surface area contributed by atoms with Gasteiger partial charge >= 0.3 is 5.97 Å². The fraction of sp³-hybridized carbons (Fsp3) is 0.414. The number of cyclic esters (lactones) is 1. The summed E-state index contributed by atoms with van der Waals surface area (Å²) >= 11 is 0. The summed E-state index contributed by atoms with van der Waals surface area (Å²) in [7, 11) is 0. The molecule has 3 rings (SSSR count). The van der Waals surface area contributed by atoms with Crippen molar-refractivity contribution in [1.29, 1.82) is 0 Å². The lowest BCUT2D eigenvalue weighted by Crippen LogP contribution is -2.42. The van der Waals surface area contributed by atoms with Gasteiger partial charge in [0.1, 0.15) is 6.10 Å². The van der Waals surface area contributed by atoms with Gasteiger partial charge in [-0.2, -0.15) is 0 Å². The molecule has 1 heterocycles. The minimum Gasteiger partial charge on any atom is -0.456 e. The van der Waals surface area contributed by atoms with Gasteiger partial charge in [-0.3, -0.25) is 14.4 Å². The first-order valence-corrected chi connectivity index (χ1v) is 12.7. The normalized spacial score (nSPS) is 20.5. The molecule has 0 unspecified atom stereocenters. The third-order valence-corrected chi connectivity index (χ3v) is 6.21. The van der Waals surface area contributed by atoms with Gasteiger partial charge in [0.15, 0.2) is 0 Å². The highest BCUT2D eigenvalue weighted by molar-refractivity contribution is 5.86. The van der Waals surface area contributed by atoms with E-state index in [4.69, 9.17) is 4.74 Å². The molecule has 0 saturated heterocycles. The number of allylic oxidation sites excluding steroid dienone is 2. The molecule has 2 amide bonds. The Labute approximate surface area is 212 Å². The fourth-order valence-corrected chi connectivity index (χ4v) is 4.21. The Balaban J connectivity index is 1.66. The Morgan fingerprint density at radius 2 is 1.75 bits per heavy atom. The molecule has 0 fully saturated rings. The van der Waals surface area contributed by atoms with Crippen LogP contribution in [-0.4, -0.2) is 42.1 Å². The van der Waals surface area contributed by atoms with Gasteiger partial charge in [0, 0.05) is 12.8 Å². The zero-order valence-corrected chi connectivity index (χ0v) is 20.6. The minimum absolute atomic E-state index is 0.00272. The van der Waals surface area contributed by atoms with Crippen LogP contribution in [0.2, 0.25) is 0 Å². The third-order valence-electron chi connectivity index (χ3n) is 6.21. The highest BCUT2D eigenvalue weighted by atomic mass is 16.5. The molecule has 3 atom stereocenters. The quantitative estimate of drug-likeness (QED) is 0.404. The van der Waals surface area contributed by atoms with Crippen molar-refractivity contribution in [2.24, 2.45) is 5.92 Å². The molecule has 0 aromatic heterocycles. The number of nitrogens with one attached hydrogen (secondary N) is 2. The number of amides is 2. The van der Waals surface area contributed by atoms with Crippen LogP contribution in [0.25, 0.3) is 0 Å². The van der Waals surface area contributed by atoms with Crippen LogP contribution in [-0.2, 0) is 25.5 Å². The van der Waals surface area contributed by atoms with Crippen molar-refractivity contribution in [1.82, 2.24) is 10.6 Å². The number of benzene rings is 2. The number of aliphatic hydroxyl groups excluding tert-OH is 1. The predicted octanol–water partition coefficient (Wildman–Crippen LogP) is 3.63. The summed E-state index contributed by atoms with van der Waals surface area (Å²) in [6.07, 6.45) is 6.96. The monoisotopic (exact) mass is 492 g/mol. The van der Waals surface area contributed by atoms with E-state index in [2.05, 4.69) is 10.6 Å². The third kappa shape index (κ3) is 9.30. The second-order valence-corrected chi connectivity index (χ2v) is 9.13. The van der Waals surface area contributed by atoms with Crippen LogP contribution >= 0.6 is 0 Å². The Morgan fingerprint density at radius 3 is 2.47 bits per heavy atom. The van der Waals surface area contributed by atoms with E-state index in [1.165, 1.54) is 0 Å². The average molecular weight is 493 g/mol. The smallest absolute Gasteiger partial charge is 0.306 e. The maximum absolute atomic E-state index is 13.1. The van der Waals surface area contributed by atoms with Gasteiger partial charge < -0.3 is 20.5 Å². The number of esters is 1. The molecule has 1 aliphatic rings. The largest absolute Gasteiger partial charge is 0.456 e. The maximum atomic E-state index is 13.1. The van der Waals surface area contributed by atoms with Crippen LogP contribution < -0.4 is 10.6 Å². The van der Waals surface area contributed by atoms with Gasteiger partial charge in [-0.15, -0.1) is 0 Å². The minimum atomic E-state index is -0.597. The number of ether oxygens (including phenoxy) is 1. The number of rotatable bonds is 7. The van der Waals surface area contributed by atoms with Gasteiger partial charge in [0.25, 0.3) is 0 Å². The van der Waals surface area contributed by atoms with Crippen molar-refractivity contribution < 1.29 is 24.2 Å². The van der Waals surface area contributed by atoms with E-state index in [0.717, 1.165) is 30.4 Å². The summed E-state index contributed by atoms with van der Waals surface area (Å²) in [6, 6.07) is 18.5. The molecule has 192 valence electrons. The number of hydrogen-bond donors (Lipinski definition) is 3. The molecular weight excluding hydrogens is 456 g/mol. The highest BCUT2D eigenvalue weighted by Crippen LogP contribution is 2.20. The fourth-order valence-electron chi connectivity index (χ4n) is 4.21. The molecule has 7 nitrogen and oxygen atoms in total. The maximum Gasteiger partial charge on any atom is 0.306 e. The molecule has 2 aromatic rings. The van der Waals surface area contributed by atoms with Crippen LogP contribution in [0.1, 0.15) is 55.8 Å². The molecule has 0 radical (unpaired) electrons. The second kappa shape index (κ2) is 14.8. The van der Waals surface area contributed by atoms with Gasteiger partial charge in [-0.1, -0.05) is 72.8 Å². The lowest BCUT2D eigenvalue weighted by molar-refractivity contribution is -0.150. The van der Waals surface area contributed by atoms with Crippen molar-refractivity contribution in [3.63, 3.8) is 0 Å². The first-order valence-electron chi connectivity index (χ1n) is 12.7. The van der Waals surface area contributed by atoms with E-state index in [0.29, 0.717) is 19.3 Å². The lowest BCUT2D eigenvalue weighted by Gasteiger charge is -2.22. The average Bonchev–Trinajstić information content (AvgIpc) is 2.89. The standard InChI is InChI=1S/C29H36N2O5/c32-21-25(18-22-12-6-4-7-13-22)31-27(33)19-24-16-8-2-1-3-11-17-28(34)36-26(20-30-29(24)35)23-14-9-5-10-15-23/h2,4-10,12-15,24-26,32H,1,3,11,16-21H2,(H,30,35)(H,31,33)/t24-,25+,26+/m1/s1. The summed E-state index contributed by atoms with van der Waals surface area (Å²) in [5.41, 5.74) is 1.82. The van der Waals surface area contributed by atoms with Crippen LogP contribution in [0.5, 0.6) is 0 Å². The van der Waals surface area contributed by atoms with E-state index >= 15 is 0 Å². The van der Waals surface area contributed by atoms with E-state index in [-0.39, 0.29) is 37.4 Å². The highest BCUT2D eigenvalue weighted by Gasteiger charge is 2.25. The zero-order chi connectivity index (χ0) is 25.6. The summed E-state index contributed by atoms with van der Waals surface area (Å²) in [5, 5.41) is 15.5. The summed E-state index contributed by atoms with van der Waals surface area (Å²) in [6.45, 7) is -0.0643. The molecule has 1 aliphatic heterocycles. The lowest BCUT2D eigenvalue weighted by atomic mass is 9.98. The van der Waals surface area contributed by atoms with E-state index in [1.807, 2.05) is 72.8 Å². The van der Waals surface area contributed by atoms with Crippen molar-refractivity contribution in [2.45, 2.75) is 57.1 Å². The molecular formula is C29H36N2O5. The molecule has 0 bridgehead atoms. The Bertz CT molecular complexity index is 993. The van der Waals surface area contributed by atoms with Gasteiger partial charge in [0.2, 0.25) is 11.8 Å². The van der Waals surface area contributed by atoms with E-state index in [1.54, 1.807) is 0 Å². The second-order valence-electron chi connectivity index (χ2n) is 9.13. The Morgan fingerprint density at radius 1 is 1.03 bits per heavy atom. The number of carbonyl (C=O) groups excluding carboxylic acids is 3. The van der Waals surface area contributed by atoms with Crippen LogP contribution in [0, 0.1) is 5.92 Å². The van der Waals surface area contributed by atoms with E-state index < -0.39 is 18.1 Å². The first-order chi connectivity index (χ1) is 17.5. The Kier molecular flexibility index (Phi) is 11.2. The summed E-state index contributed by atoms with van der Waals surface area (Å²) < 4.78 is 5.69. The number of carbonyl (C=O) groups is 3. The number of hydrogen-bond acceptors (Lipinski definition) is 5. The van der Waals surface area contributed by atoms with Crippen LogP contribution in [0.15, 0.2) is 72.8 Å². The summed E-state index contributed by atoms with van der Waals surface area (Å²) in [5.74, 6) is -1.42. The molecule has 3 N–H and O–H groups in total. The molecule has 0 aliphatic carbocycles. The summed E-state index contributed by atoms with van der Waals surface area (Å²) in [4.78, 5) is 38.3. The topological polar surface area (TPSA) is 105 Å². The Hall–Kier alpha value is -3.45. The van der Waals surface area contributed by atoms with Crippen molar-refractivity contribution >= 4 is 17.8 Å². The van der Waals surface area contributed by atoms with Crippen molar-refractivity contribution in [3.05, 3.63) is 83.9 Å². The number of aliphatic hydroxyl groups is 1. The molecule has 0 spiro atoms. The van der Waals surface area contributed by atoms with Crippen LogP contribution in [0.4, 0.5) is 0 Å². The molecule has 7 heteroatoms. The van der Waals surface area contributed by atoms with Gasteiger partial charge in [0.05, 0.1) is 25.1 Å². The van der Waals surface area contributed by atoms with Crippen molar-refractivity contribution in [3.8, 4) is 0 Å². The predicted molar refractivity (Wildman–Crippen MR) is 138 cm³/mol. The van der Waals surface area contributed by atoms with Gasteiger partial charge in [-0.25, -0.2) is 0 Å². The zero-order valence-electron chi connectivity index (χ0n) is 20.6. The molecule has 36 heavy (non-hydrogen) atoms. The SMILES string of the molecule is O=C(C[C@H]1CC=CCCCCC(=O)O[C@H](c2ccccc2)CNC1=O)N[C@H](CO)Cc1ccccc1. The van der Waals surface area contributed by atoms with Crippen LogP contribution in [0.3, 0.4) is 0 Å². The molecule has 0 saturated carbocycles. The van der Waals surface area contributed by atoms with Crippen molar-refractivity contribution in [2.75, 3.05) is 13.2 Å². The molecule has 2 aromatic carbocycles. The van der Waals surface area contributed by atoms with E-state index in [9.17, 15) is 19.5 Å². The first kappa shape index (κ1) is 27.1. The van der Waals surface area contributed by atoms with Gasteiger partial charge in [-0.05, 0) is 43.2 Å².